The number of carbonyl (C=O) groups excluding carboxylic acids is 1. The van der Waals surface area contributed by atoms with Gasteiger partial charge in [0, 0.05) is 12.6 Å². The van der Waals surface area contributed by atoms with E-state index in [0.717, 1.165) is 5.56 Å². The Labute approximate surface area is 175 Å². The normalized spacial score (nSPS) is 15.7. The molecule has 1 aliphatic heterocycles. The van der Waals surface area contributed by atoms with Gasteiger partial charge in [0.2, 0.25) is 15.9 Å². The third-order valence-electron chi connectivity index (χ3n) is 4.86. The molecular weight excluding hydrogens is 404 g/mol. The molecule has 4 rings (SSSR count). The van der Waals surface area contributed by atoms with Crippen molar-refractivity contribution >= 4 is 27.7 Å². The largest absolute Gasteiger partial charge is 0.467 e. The minimum absolute atomic E-state index is 0.185. The number of carbonyl (C=O) groups is 1. The number of hydrogen-bond acceptors (Lipinski definition) is 5. The molecule has 0 aliphatic carbocycles. The van der Waals surface area contributed by atoms with E-state index >= 15 is 0 Å². The van der Waals surface area contributed by atoms with Gasteiger partial charge in [-0.15, -0.1) is 0 Å². The van der Waals surface area contributed by atoms with Crippen molar-refractivity contribution in [3.8, 4) is 0 Å². The lowest BCUT2D eigenvalue weighted by molar-refractivity contribution is -0.127. The maximum absolute atomic E-state index is 12.8. The van der Waals surface area contributed by atoms with E-state index in [4.69, 9.17) is 8.83 Å². The first-order valence-electron chi connectivity index (χ1n) is 9.63. The summed E-state index contributed by atoms with van der Waals surface area (Å²) in [5.74, 6) is 1.36. The van der Waals surface area contributed by atoms with Gasteiger partial charge in [-0.3, -0.25) is 9.10 Å². The Balaban J connectivity index is 1.46. The van der Waals surface area contributed by atoms with Gasteiger partial charge in [0.05, 0.1) is 37.1 Å². The molecule has 1 aromatic carbocycles. The summed E-state index contributed by atoms with van der Waals surface area (Å²) >= 11 is 0. The molecule has 0 radical (unpaired) electrons. The number of anilines is 1. The number of sulfonamides is 1. The monoisotopic (exact) mass is 426 g/mol. The first-order valence-corrected chi connectivity index (χ1v) is 11.2. The summed E-state index contributed by atoms with van der Waals surface area (Å²) in [7, 11) is -3.20. The molecule has 8 heteroatoms. The molecule has 0 N–H and O–H groups in total. The summed E-state index contributed by atoms with van der Waals surface area (Å²) in [6, 6.07) is 14.3. The molecule has 156 valence electrons. The van der Waals surface area contributed by atoms with E-state index in [1.807, 2.05) is 12.1 Å². The van der Waals surface area contributed by atoms with Crippen LogP contribution in [0.2, 0.25) is 0 Å². The molecule has 1 aliphatic rings. The highest BCUT2D eigenvalue weighted by atomic mass is 32.2. The van der Waals surface area contributed by atoms with E-state index in [1.54, 1.807) is 59.9 Å². The van der Waals surface area contributed by atoms with Crippen molar-refractivity contribution < 1.29 is 22.0 Å². The summed E-state index contributed by atoms with van der Waals surface area (Å²) in [4.78, 5) is 14.4. The summed E-state index contributed by atoms with van der Waals surface area (Å²) in [5, 5.41) is 0. The molecule has 0 atom stereocenters. The van der Waals surface area contributed by atoms with Crippen LogP contribution in [0.4, 0.5) is 5.69 Å². The van der Waals surface area contributed by atoms with Crippen molar-refractivity contribution in [2.75, 3.05) is 16.6 Å². The summed E-state index contributed by atoms with van der Waals surface area (Å²) < 4.78 is 36.3. The Morgan fingerprint density at radius 1 is 1.00 bits per heavy atom. The highest BCUT2D eigenvalue weighted by Crippen LogP contribution is 2.24. The molecule has 0 unspecified atom stereocenters. The summed E-state index contributed by atoms with van der Waals surface area (Å²) in [5.41, 5.74) is 1.45. The molecule has 0 saturated carbocycles. The van der Waals surface area contributed by atoms with Crippen molar-refractivity contribution in [3.63, 3.8) is 0 Å². The van der Waals surface area contributed by atoms with Gasteiger partial charge in [0.15, 0.2) is 0 Å². The van der Waals surface area contributed by atoms with Crippen LogP contribution in [0.25, 0.3) is 6.08 Å². The quantitative estimate of drug-likeness (QED) is 0.539. The van der Waals surface area contributed by atoms with Gasteiger partial charge in [-0.05, 0) is 54.5 Å². The first kappa shape index (κ1) is 20.0. The number of furan rings is 2. The lowest BCUT2D eigenvalue weighted by Gasteiger charge is -2.19. The lowest BCUT2D eigenvalue weighted by Crippen LogP contribution is -2.28. The summed E-state index contributed by atoms with van der Waals surface area (Å²) in [6.07, 6.45) is 6.99. The maximum atomic E-state index is 12.8. The number of benzene rings is 1. The summed E-state index contributed by atoms with van der Waals surface area (Å²) in [6.45, 7) is 1.15. The maximum Gasteiger partial charge on any atom is 0.247 e. The van der Waals surface area contributed by atoms with Crippen LogP contribution in [-0.2, 0) is 27.9 Å². The number of amides is 1. The van der Waals surface area contributed by atoms with E-state index in [-0.39, 0.29) is 11.7 Å². The van der Waals surface area contributed by atoms with Gasteiger partial charge in [0.25, 0.3) is 0 Å². The molecule has 7 nitrogen and oxygen atoms in total. The fraction of sp³-hybridized carbons (Fsp3) is 0.227. The van der Waals surface area contributed by atoms with E-state index in [2.05, 4.69) is 0 Å². The van der Waals surface area contributed by atoms with Crippen LogP contribution in [-0.4, -0.2) is 31.5 Å². The number of nitrogens with zero attached hydrogens (tertiary/aromatic N) is 2. The van der Waals surface area contributed by atoms with Crippen molar-refractivity contribution in [1.82, 2.24) is 4.90 Å². The lowest BCUT2D eigenvalue weighted by atomic mass is 10.2. The van der Waals surface area contributed by atoms with E-state index < -0.39 is 10.0 Å². The van der Waals surface area contributed by atoms with Crippen LogP contribution < -0.4 is 4.31 Å². The third-order valence-corrected chi connectivity index (χ3v) is 6.73. The Hall–Kier alpha value is -3.26. The molecule has 1 fully saturated rings. The molecule has 1 saturated heterocycles. The van der Waals surface area contributed by atoms with Crippen LogP contribution in [0, 0.1) is 0 Å². The molecule has 1 amide bonds. The number of rotatable bonds is 7. The molecule has 3 heterocycles. The van der Waals surface area contributed by atoms with Crippen molar-refractivity contribution in [2.24, 2.45) is 0 Å². The Morgan fingerprint density at radius 3 is 2.13 bits per heavy atom. The third kappa shape index (κ3) is 4.65. The van der Waals surface area contributed by atoms with Gasteiger partial charge in [-0.1, -0.05) is 12.1 Å². The second-order valence-electron chi connectivity index (χ2n) is 7.02. The SMILES string of the molecule is O=C(/C=C/c1ccc(N2CCCS2(=O)=O)cc1)N(Cc1ccco1)Cc1ccco1. The molecule has 30 heavy (non-hydrogen) atoms. The molecule has 0 bridgehead atoms. The zero-order valence-corrected chi connectivity index (χ0v) is 17.1. The fourth-order valence-corrected chi connectivity index (χ4v) is 4.91. The molecule has 2 aromatic heterocycles. The van der Waals surface area contributed by atoms with E-state index in [1.165, 1.54) is 10.4 Å². The molecule has 0 spiro atoms. The van der Waals surface area contributed by atoms with Crippen LogP contribution in [0.1, 0.15) is 23.5 Å². The zero-order valence-electron chi connectivity index (χ0n) is 16.3. The Morgan fingerprint density at radius 2 is 1.63 bits per heavy atom. The van der Waals surface area contributed by atoms with Gasteiger partial charge < -0.3 is 13.7 Å². The zero-order chi connectivity index (χ0) is 21.0. The Bertz CT molecular complexity index is 1060. The average molecular weight is 426 g/mol. The van der Waals surface area contributed by atoms with Crippen molar-refractivity contribution in [2.45, 2.75) is 19.5 Å². The van der Waals surface area contributed by atoms with Gasteiger partial charge >= 0.3 is 0 Å². The standard InChI is InChI=1S/C22H22N2O5S/c25-22(23(16-20-4-1-13-28-20)17-21-5-2-14-29-21)11-8-18-6-9-19(10-7-18)24-12-3-15-30(24,26)27/h1-2,4-11,13-14H,3,12,15-17H2/b11-8+. The fourth-order valence-electron chi connectivity index (χ4n) is 3.35. The minimum Gasteiger partial charge on any atom is -0.467 e. The predicted molar refractivity (Wildman–Crippen MR) is 113 cm³/mol. The number of hydrogen-bond donors (Lipinski definition) is 0. The second kappa shape index (κ2) is 8.62. The smallest absolute Gasteiger partial charge is 0.247 e. The Kier molecular flexibility index (Phi) is 5.76. The predicted octanol–water partition coefficient (Wildman–Crippen LogP) is 3.65. The second-order valence-corrected chi connectivity index (χ2v) is 9.03. The topological polar surface area (TPSA) is 84.0 Å². The van der Waals surface area contributed by atoms with E-state index in [9.17, 15) is 13.2 Å². The van der Waals surface area contributed by atoms with Crippen LogP contribution >= 0.6 is 0 Å². The van der Waals surface area contributed by atoms with Crippen molar-refractivity contribution in [3.05, 3.63) is 84.2 Å². The first-order chi connectivity index (χ1) is 14.5. The molecular formula is C22H22N2O5S. The molecule has 3 aromatic rings. The van der Waals surface area contributed by atoms with E-state index in [0.29, 0.717) is 43.3 Å². The van der Waals surface area contributed by atoms with Gasteiger partial charge in [-0.25, -0.2) is 8.42 Å². The van der Waals surface area contributed by atoms with Gasteiger partial charge in [0.1, 0.15) is 11.5 Å². The van der Waals surface area contributed by atoms with Gasteiger partial charge in [-0.2, -0.15) is 0 Å². The van der Waals surface area contributed by atoms with Crippen LogP contribution in [0.5, 0.6) is 0 Å². The highest BCUT2D eigenvalue weighted by Gasteiger charge is 2.28. The minimum atomic E-state index is -3.20. The van der Waals surface area contributed by atoms with Crippen molar-refractivity contribution in [1.29, 1.82) is 0 Å². The van der Waals surface area contributed by atoms with Crippen LogP contribution in [0.3, 0.4) is 0 Å². The van der Waals surface area contributed by atoms with Crippen LogP contribution in [0.15, 0.2) is 76.0 Å². The highest BCUT2D eigenvalue weighted by molar-refractivity contribution is 7.93. The average Bonchev–Trinajstić information content (AvgIpc) is 3.49.